The summed E-state index contributed by atoms with van der Waals surface area (Å²) in [5.41, 5.74) is 7.49. The molecule has 2 aromatic carbocycles. The molecule has 8 nitrogen and oxygen atoms in total. The van der Waals surface area contributed by atoms with Crippen molar-refractivity contribution < 1.29 is 18.8 Å². The topological polar surface area (TPSA) is 110 Å². The third-order valence-electron chi connectivity index (χ3n) is 7.69. The highest BCUT2D eigenvalue weighted by Gasteiger charge is 2.51. The van der Waals surface area contributed by atoms with Crippen LogP contribution in [0.15, 0.2) is 36.4 Å². The molecule has 2 heterocycles. The van der Waals surface area contributed by atoms with Crippen LogP contribution in [-0.2, 0) is 16.1 Å². The molecule has 0 radical (unpaired) electrons. The van der Waals surface area contributed by atoms with Gasteiger partial charge in [-0.25, -0.2) is 4.39 Å². The van der Waals surface area contributed by atoms with Crippen molar-refractivity contribution in [1.29, 1.82) is 0 Å². The number of halogens is 2. The minimum atomic E-state index is -0.714. The third kappa shape index (κ3) is 3.82. The van der Waals surface area contributed by atoms with Gasteiger partial charge in [0, 0.05) is 11.4 Å². The lowest BCUT2D eigenvalue weighted by atomic mass is 9.97. The van der Waals surface area contributed by atoms with Crippen LogP contribution in [0.1, 0.15) is 54.1 Å². The Balaban J connectivity index is 1.29. The number of fused-ring (bicyclic) bond motifs is 3. The summed E-state index contributed by atoms with van der Waals surface area (Å²) in [5, 5.41) is 7.52. The number of hydrogen-bond donors (Lipinski definition) is 2. The standard InChI is InChI=1S/C26H25ClFN5O3/c27-18-2-1-3-19(22(18)28)30-26(36)24-15-6-8-16(10-15)33(24)21(34)12-32-20-11-14(13-4-5-13)7-9-17(20)23(31-32)25(29)35/h1-3,7,9,11,13,15-16,24H,4-6,8,10,12H2,(H2,29,35)(H,30,36)/t15-,16+,24-/m0/s1. The molecule has 2 saturated carbocycles. The molecule has 10 heteroatoms. The van der Waals surface area contributed by atoms with Crippen LogP contribution >= 0.6 is 11.6 Å². The molecule has 3 aromatic rings. The molecule has 1 saturated heterocycles. The lowest BCUT2D eigenvalue weighted by Gasteiger charge is -2.34. The maximum absolute atomic E-state index is 14.4. The summed E-state index contributed by atoms with van der Waals surface area (Å²) >= 11 is 5.86. The molecule has 3 fully saturated rings. The van der Waals surface area contributed by atoms with Gasteiger partial charge in [0.15, 0.2) is 11.5 Å². The quantitative estimate of drug-likeness (QED) is 0.526. The Morgan fingerprint density at radius 1 is 1.14 bits per heavy atom. The Morgan fingerprint density at radius 2 is 1.94 bits per heavy atom. The average molecular weight is 510 g/mol. The van der Waals surface area contributed by atoms with E-state index in [-0.39, 0.29) is 40.8 Å². The van der Waals surface area contributed by atoms with E-state index in [9.17, 15) is 18.8 Å². The lowest BCUT2D eigenvalue weighted by Crippen LogP contribution is -2.52. The number of primary amides is 1. The molecule has 186 valence electrons. The van der Waals surface area contributed by atoms with Gasteiger partial charge in [-0.15, -0.1) is 0 Å². The molecule has 1 aromatic heterocycles. The molecule has 6 rings (SSSR count). The number of hydrogen-bond acceptors (Lipinski definition) is 4. The zero-order valence-electron chi connectivity index (χ0n) is 19.4. The minimum Gasteiger partial charge on any atom is -0.364 e. The van der Waals surface area contributed by atoms with Gasteiger partial charge in [0.2, 0.25) is 11.8 Å². The van der Waals surface area contributed by atoms with Gasteiger partial charge < -0.3 is 16.0 Å². The first-order valence-electron chi connectivity index (χ1n) is 12.2. The summed E-state index contributed by atoms with van der Waals surface area (Å²) in [6.07, 6.45) is 4.58. The predicted octanol–water partition coefficient (Wildman–Crippen LogP) is 3.82. The van der Waals surface area contributed by atoms with Crippen LogP contribution in [0, 0.1) is 11.7 Å². The predicted molar refractivity (Wildman–Crippen MR) is 132 cm³/mol. The second-order valence-electron chi connectivity index (χ2n) is 9.98. The maximum atomic E-state index is 14.4. The Kier molecular flexibility index (Phi) is 5.48. The number of likely N-dealkylation sites (tertiary alicyclic amines) is 1. The fourth-order valence-corrected chi connectivity index (χ4v) is 6.04. The first kappa shape index (κ1) is 23.0. The van der Waals surface area contributed by atoms with E-state index in [1.54, 1.807) is 11.0 Å². The van der Waals surface area contributed by atoms with Gasteiger partial charge in [-0.05, 0) is 67.7 Å². The van der Waals surface area contributed by atoms with Crippen LogP contribution in [0.3, 0.4) is 0 Å². The van der Waals surface area contributed by atoms with Gasteiger partial charge in [-0.2, -0.15) is 5.10 Å². The van der Waals surface area contributed by atoms with E-state index in [4.69, 9.17) is 17.3 Å². The van der Waals surface area contributed by atoms with E-state index in [1.165, 1.54) is 16.8 Å². The number of nitrogens with two attached hydrogens (primary N) is 1. The number of nitrogens with one attached hydrogen (secondary N) is 1. The number of carbonyl (C=O) groups is 3. The molecule has 36 heavy (non-hydrogen) atoms. The van der Waals surface area contributed by atoms with E-state index in [1.807, 2.05) is 18.2 Å². The number of carbonyl (C=O) groups excluding carboxylic acids is 3. The van der Waals surface area contributed by atoms with Crippen LogP contribution in [0.5, 0.6) is 0 Å². The van der Waals surface area contributed by atoms with Crippen LogP contribution in [0.4, 0.5) is 10.1 Å². The second-order valence-corrected chi connectivity index (χ2v) is 10.4. The van der Waals surface area contributed by atoms with Gasteiger partial charge in [0.05, 0.1) is 16.2 Å². The lowest BCUT2D eigenvalue weighted by molar-refractivity contribution is -0.141. The first-order chi connectivity index (χ1) is 17.3. The number of benzene rings is 2. The fraction of sp³-hybridized carbons (Fsp3) is 0.385. The van der Waals surface area contributed by atoms with Gasteiger partial charge in [-0.3, -0.25) is 19.1 Å². The van der Waals surface area contributed by atoms with Crippen LogP contribution in [0.25, 0.3) is 10.9 Å². The number of rotatable bonds is 6. The minimum absolute atomic E-state index is 0.00166. The van der Waals surface area contributed by atoms with Crippen molar-refractivity contribution in [3.05, 3.63) is 58.5 Å². The molecule has 0 spiro atoms. The smallest absolute Gasteiger partial charge is 0.269 e. The molecule has 3 amide bonds. The zero-order valence-corrected chi connectivity index (χ0v) is 20.2. The van der Waals surface area contributed by atoms with E-state index in [0.29, 0.717) is 16.8 Å². The number of anilines is 1. The van der Waals surface area contributed by atoms with Crippen LogP contribution in [-0.4, -0.2) is 44.5 Å². The Morgan fingerprint density at radius 3 is 2.69 bits per heavy atom. The van der Waals surface area contributed by atoms with Crippen molar-refractivity contribution >= 4 is 45.9 Å². The van der Waals surface area contributed by atoms with Gasteiger partial charge >= 0.3 is 0 Å². The summed E-state index contributed by atoms with van der Waals surface area (Å²) in [5.74, 6) is -1.59. The van der Waals surface area contributed by atoms with E-state index in [0.717, 1.165) is 37.7 Å². The van der Waals surface area contributed by atoms with Crippen molar-refractivity contribution in [2.75, 3.05) is 5.32 Å². The molecule has 3 aliphatic rings. The number of amides is 3. The summed E-state index contributed by atoms with van der Waals surface area (Å²) in [6.45, 7) is -0.129. The van der Waals surface area contributed by atoms with Crippen LogP contribution < -0.4 is 11.1 Å². The molecular weight excluding hydrogens is 485 g/mol. The fourth-order valence-electron chi connectivity index (χ4n) is 5.87. The SMILES string of the molecule is NC(=O)c1nn(CC(=O)N2[C@@H]3CC[C@@H](C3)[C@H]2C(=O)Nc2cccc(Cl)c2F)c2cc(C3CC3)ccc12. The average Bonchev–Trinajstić information content (AvgIpc) is 3.34. The Bertz CT molecular complexity index is 1420. The number of piperidine rings is 1. The Hall–Kier alpha value is -3.46. The summed E-state index contributed by atoms with van der Waals surface area (Å²) in [4.78, 5) is 40.5. The highest BCUT2D eigenvalue weighted by molar-refractivity contribution is 6.31. The highest BCUT2D eigenvalue weighted by Crippen LogP contribution is 2.44. The molecule has 3 atom stereocenters. The summed E-state index contributed by atoms with van der Waals surface area (Å²) in [7, 11) is 0. The van der Waals surface area contributed by atoms with Gasteiger partial charge in [-0.1, -0.05) is 29.8 Å². The molecule has 2 aliphatic carbocycles. The van der Waals surface area contributed by atoms with E-state index < -0.39 is 23.7 Å². The third-order valence-corrected chi connectivity index (χ3v) is 7.99. The van der Waals surface area contributed by atoms with Crippen molar-refractivity contribution in [1.82, 2.24) is 14.7 Å². The molecule has 0 unspecified atom stereocenters. The first-order valence-corrected chi connectivity index (χ1v) is 12.6. The second kappa shape index (κ2) is 8.58. The van der Waals surface area contributed by atoms with Crippen molar-refractivity contribution in [3.8, 4) is 0 Å². The van der Waals surface area contributed by atoms with Crippen molar-refractivity contribution in [2.45, 2.75) is 56.7 Å². The summed E-state index contributed by atoms with van der Waals surface area (Å²) < 4.78 is 15.9. The van der Waals surface area contributed by atoms with Crippen LogP contribution in [0.2, 0.25) is 5.02 Å². The van der Waals surface area contributed by atoms with Crippen molar-refractivity contribution in [2.24, 2.45) is 11.7 Å². The molecular formula is C26H25ClFN5O3. The van der Waals surface area contributed by atoms with Gasteiger partial charge in [0.25, 0.3) is 5.91 Å². The largest absolute Gasteiger partial charge is 0.364 e. The highest BCUT2D eigenvalue weighted by atomic mass is 35.5. The normalized spacial score (nSPS) is 22.8. The zero-order chi connectivity index (χ0) is 25.1. The molecule has 2 bridgehead atoms. The summed E-state index contributed by atoms with van der Waals surface area (Å²) in [6, 6.07) is 9.41. The van der Waals surface area contributed by atoms with Crippen molar-refractivity contribution in [3.63, 3.8) is 0 Å². The maximum Gasteiger partial charge on any atom is 0.269 e. The monoisotopic (exact) mass is 509 g/mol. The van der Waals surface area contributed by atoms with E-state index >= 15 is 0 Å². The molecule has 3 N–H and O–H groups in total. The van der Waals surface area contributed by atoms with Gasteiger partial charge in [0.1, 0.15) is 12.6 Å². The number of aromatic nitrogens is 2. The molecule has 1 aliphatic heterocycles. The van der Waals surface area contributed by atoms with E-state index in [2.05, 4.69) is 10.4 Å². The Labute approximate surface area is 211 Å². The number of nitrogens with zero attached hydrogens (tertiary/aromatic N) is 3.